The number of imide groups is 1. The van der Waals surface area contributed by atoms with Crippen LogP contribution in [0.5, 0.6) is 0 Å². The molecule has 156 valence electrons. The number of thioether (sulfide) groups is 1. The second-order valence-corrected chi connectivity index (χ2v) is 7.41. The second kappa shape index (κ2) is 10.4. The summed E-state index contributed by atoms with van der Waals surface area (Å²) < 4.78 is 15.1. The summed E-state index contributed by atoms with van der Waals surface area (Å²) in [6.07, 6.45) is 0.303. The van der Waals surface area contributed by atoms with Crippen LogP contribution in [0.25, 0.3) is 0 Å². The Morgan fingerprint density at radius 2 is 1.80 bits per heavy atom. The van der Waals surface area contributed by atoms with Crippen molar-refractivity contribution in [1.29, 1.82) is 0 Å². The van der Waals surface area contributed by atoms with E-state index >= 15 is 0 Å². The predicted molar refractivity (Wildman–Crippen MR) is 112 cm³/mol. The van der Waals surface area contributed by atoms with E-state index in [0.29, 0.717) is 28.8 Å². The van der Waals surface area contributed by atoms with Crippen molar-refractivity contribution >= 4 is 23.7 Å². The molecule has 0 unspecified atom stereocenters. The molecule has 0 aliphatic carbocycles. The van der Waals surface area contributed by atoms with Crippen LogP contribution >= 0.6 is 11.8 Å². The number of carbonyl (C=O) groups is 2. The summed E-state index contributed by atoms with van der Waals surface area (Å²) >= 11 is 1.23. The maximum Gasteiger partial charge on any atom is 0.321 e. The molecule has 2 aromatic carbocycles. The molecule has 1 heterocycles. The Morgan fingerprint density at radius 1 is 1.07 bits per heavy atom. The van der Waals surface area contributed by atoms with Gasteiger partial charge in [0.2, 0.25) is 11.1 Å². The van der Waals surface area contributed by atoms with Crippen LogP contribution in [0.1, 0.15) is 23.4 Å². The fourth-order valence-corrected chi connectivity index (χ4v) is 3.40. The monoisotopic (exact) mass is 428 g/mol. The van der Waals surface area contributed by atoms with Crippen molar-refractivity contribution in [3.8, 4) is 0 Å². The number of halogens is 1. The molecule has 0 aliphatic heterocycles. The average Bonchev–Trinajstić information content (AvgIpc) is 3.08. The molecule has 0 atom stereocenters. The minimum atomic E-state index is -0.553. The molecule has 0 saturated carbocycles. The Kier molecular flexibility index (Phi) is 7.39. The van der Waals surface area contributed by atoms with Gasteiger partial charge in [-0.3, -0.25) is 10.1 Å². The van der Waals surface area contributed by atoms with Gasteiger partial charge < -0.3 is 11.2 Å². The standard InChI is InChI=1S/C20H21FN6O2S/c21-16-9-5-4-8-15(16)12-17-25-26-20(27(17)22)30-11-10-18(28)24-19(29)23-13-14-6-2-1-3-7-14/h1-9H,10-13,22H2,(H2,23,24,28,29). The van der Waals surface area contributed by atoms with Crippen molar-refractivity contribution in [2.45, 2.75) is 24.5 Å². The molecule has 10 heteroatoms. The highest BCUT2D eigenvalue weighted by Gasteiger charge is 2.14. The summed E-state index contributed by atoms with van der Waals surface area (Å²) in [7, 11) is 0. The van der Waals surface area contributed by atoms with E-state index in [0.717, 1.165) is 5.56 Å². The zero-order chi connectivity index (χ0) is 21.3. The van der Waals surface area contributed by atoms with E-state index < -0.39 is 11.9 Å². The molecule has 0 spiro atoms. The van der Waals surface area contributed by atoms with E-state index in [1.165, 1.54) is 22.5 Å². The van der Waals surface area contributed by atoms with Crippen molar-refractivity contribution in [2.24, 2.45) is 0 Å². The van der Waals surface area contributed by atoms with E-state index in [1.54, 1.807) is 18.2 Å². The summed E-state index contributed by atoms with van der Waals surface area (Å²) in [6.45, 7) is 0.329. The van der Waals surface area contributed by atoms with E-state index in [4.69, 9.17) is 5.84 Å². The first-order valence-electron chi connectivity index (χ1n) is 9.20. The quantitative estimate of drug-likeness (QED) is 0.374. The van der Waals surface area contributed by atoms with Gasteiger partial charge in [-0.25, -0.2) is 13.9 Å². The Hall–Kier alpha value is -3.40. The summed E-state index contributed by atoms with van der Waals surface area (Å²) in [5.41, 5.74) is 1.40. The summed E-state index contributed by atoms with van der Waals surface area (Å²) in [5, 5.41) is 13.3. The Labute approximate surface area is 177 Å². The molecule has 1 aromatic heterocycles. The van der Waals surface area contributed by atoms with Crippen LogP contribution in [0, 0.1) is 5.82 Å². The fraction of sp³-hybridized carbons (Fsp3) is 0.200. The van der Waals surface area contributed by atoms with Gasteiger partial charge in [-0.1, -0.05) is 60.3 Å². The van der Waals surface area contributed by atoms with Gasteiger partial charge in [0.05, 0.1) is 0 Å². The lowest BCUT2D eigenvalue weighted by atomic mass is 10.1. The number of urea groups is 1. The lowest BCUT2D eigenvalue weighted by Crippen LogP contribution is -2.39. The molecule has 30 heavy (non-hydrogen) atoms. The Bertz CT molecular complexity index is 1010. The summed E-state index contributed by atoms with van der Waals surface area (Å²) in [5.74, 6) is 5.99. The molecule has 3 aromatic rings. The maximum absolute atomic E-state index is 13.8. The van der Waals surface area contributed by atoms with Crippen LogP contribution in [0.4, 0.5) is 9.18 Å². The number of carbonyl (C=O) groups excluding carboxylic acids is 2. The minimum Gasteiger partial charge on any atom is -0.336 e. The number of nitrogens with two attached hydrogens (primary N) is 1. The molecular weight excluding hydrogens is 407 g/mol. The molecule has 3 rings (SSSR count). The first-order chi connectivity index (χ1) is 14.5. The summed E-state index contributed by atoms with van der Waals surface area (Å²) in [6, 6.07) is 15.2. The van der Waals surface area contributed by atoms with Crippen LogP contribution in [-0.4, -0.2) is 32.6 Å². The average molecular weight is 428 g/mol. The number of nitrogens with one attached hydrogen (secondary N) is 2. The van der Waals surface area contributed by atoms with Crippen LogP contribution in [0.3, 0.4) is 0 Å². The molecule has 8 nitrogen and oxygen atoms in total. The van der Waals surface area contributed by atoms with Gasteiger partial charge >= 0.3 is 6.03 Å². The van der Waals surface area contributed by atoms with Crippen molar-refractivity contribution in [3.05, 3.63) is 77.4 Å². The van der Waals surface area contributed by atoms with Crippen molar-refractivity contribution in [2.75, 3.05) is 11.6 Å². The zero-order valence-corrected chi connectivity index (χ0v) is 16.9. The summed E-state index contributed by atoms with van der Waals surface area (Å²) in [4.78, 5) is 23.7. The third-order valence-corrected chi connectivity index (χ3v) is 5.10. The van der Waals surface area contributed by atoms with Gasteiger partial charge in [-0.05, 0) is 17.2 Å². The number of amides is 3. The number of hydrogen-bond donors (Lipinski definition) is 3. The first kappa shape index (κ1) is 21.3. The highest BCUT2D eigenvalue weighted by Crippen LogP contribution is 2.18. The van der Waals surface area contributed by atoms with E-state index in [9.17, 15) is 14.0 Å². The van der Waals surface area contributed by atoms with Gasteiger partial charge in [0.1, 0.15) is 5.82 Å². The number of rotatable bonds is 8. The third-order valence-electron chi connectivity index (χ3n) is 4.15. The van der Waals surface area contributed by atoms with Gasteiger partial charge in [0.15, 0.2) is 5.82 Å². The van der Waals surface area contributed by atoms with E-state index in [-0.39, 0.29) is 18.7 Å². The number of aromatic nitrogens is 3. The number of hydrogen-bond acceptors (Lipinski definition) is 6. The molecule has 3 amide bonds. The molecule has 4 N–H and O–H groups in total. The fourth-order valence-electron chi connectivity index (χ4n) is 2.58. The normalized spacial score (nSPS) is 10.6. The highest BCUT2D eigenvalue weighted by molar-refractivity contribution is 7.99. The lowest BCUT2D eigenvalue weighted by molar-refractivity contribution is -0.119. The molecule has 0 bridgehead atoms. The minimum absolute atomic E-state index is 0.0962. The van der Waals surface area contributed by atoms with Gasteiger partial charge in [0, 0.05) is 25.1 Å². The van der Waals surface area contributed by atoms with Crippen LogP contribution in [-0.2, 0) is 17.8 Å². The van der Waals surface area contributed by atoms with E-state index in [1.807, 2.05) is 30.3 Å². The molecule has 0 radical (unpaired) electrons. The molecule has 0 aliphatic rings. The number of benzene rings is 2. The third kappa shape index (κ3) is 6.05. The van der Waals surface area contributed by atoms with Crippen molar-refractivity contribution in [1.82, 2.24) is 25.5 Å². The van der Waals surface area contributed by atoms with Crippen LogP contribution < -0.4 is 16.5 Å². The first-order valence-corrected chi connectivity index (χ1v) is 10.2. The van der Waals surface area contributed by atoms with Crippen LogP contribution in [0.15, 0.2) is 59.8 Å². The smallest absolute Gasteiger partial charge is 0.321 e. The maximum atomic E-state index is 13.8. The van der Waals surface area contributed by atoms with Gasteiger partial charge in [0.25, 0.3) is 0 Å². The largest absolute Gasteiger partial charge is 0.336 e. The molecular formula is C20H21FN6O2S. The highest BCUT2D eigenvalue weighted by atomic mass is 32.2. The lowest BCUT2D eigenvalue weighted by Gasteiger charge is -2.07. The number of nitrogen functional groups attached to an aromatic ring is 1. The zero-order valence-electron chi connectivity index (χ0n) is 16.0. The molecule has 0 saturated heterocycles. The number of nitrogens with zero attached hydrogens (tertiary/aromatic N) is 3. The van der Waals surface area contributed by atoms with Gasteiger partial charge in [-0.15, -0.1) is 10.2 Å². The van der Waals surface area contributed by atoms with Crippen LogP contribution in [0.2, 0.25) is 0 Å². The van der Waals surface area contributed by atoms with E-state index in [2.05, 4.69) is 20.8 Å². The van der Waals surface area contributed by atoms with Gasteiger partial charge in [-0.2, -0.15) is 0 Å². The van der Waals surface area contributed by atoms with Crippen molar-refractivity contribution in [3.63, 3.8) is 0 Å². The topological polar surface area (TPSA) is 115 Å². The Balaban J connectivity index is 1.41. The Morgan fingerprint density at radius 3 is 2.57 bits per heavy atom. The second-order valence-electron chi connectivity index (χ2n) is 6.35. The molecule has 0 fully saturated rings. The van der Waals surface area contributed by atoms with Crippen molar-refractivity contribution < 1.29 is 14.0 Å². The SMILES string of the molecule is Nn1c(Cc2ccccc2F)nnc1SCCC(=O)NC(=O)NCc1ccccc1. The predicted octanol–water partition coefficient (Wildman–Crippen LogP) is 2.23.